The van der Waals surface area contributed by atoms with E-state index in [1.54, 1.807) is 32.0 Å². The lowest BCUT2D eigenvalue weighted by Gasteiger charge is -2.16. The van der Waals surface area contributed by atoms with Crippen LogP contribution in [-0.2, 0) is 14.8 Å². The molecule has 0 aliphatic rings. The fourth-order valence-electron chi connectivity index (χ4n) is 3.01. The largest absolute Gasteiger partial charge is 0.481 e. The van der Waals surface area contributed by atoms with E-state index in [1.165, 1.54) is 12.1 Å². The number of amides is 2. The van der Waals surface area contributed by atoms with E-state index >= 15 is 0 Å². The average molecular weight is 456 g/mol. The van der Waals surface area contributed by atoms with Crippen LogP contribution in [0.1, 0.15) is 30.6 Å². The summed E-state index contributed by atoms with van der Waals surface area (Å²) in [5, 5.41) is 2.05. The number of ether oxygens (including phenoxy) is 1. The molecule has 3 aromatic rings. The lowest BCUT2D eigenvalue weighted by atomic mass is 10.1. The van der Waals surface area contributed by atoms with Crippen molar-refractivity contribution in [2.24, 2.45) is 0 Å². The molecule has 1 atom stereocenters. The van der Waals surface area contributed by atoms with Gasteiger partial charge in [0.2, 0.25) is 10.0 Å². The van der Waals surface area contributed by atoms with Crippen LogP contribution in [0.4, 0.5) is 5.69 Å². The summed E-state index contributed by atoms with van der Waals surface area (Å²) in [7, 11) is -3.48. The van der Waals surface area contributed by atoms with E-state index in [0.717, 1.165) is 10.8 Å². The fourth-order valence-corrected chi connectivity index (χ4v) is 4.14. The molecule has 3 N–H and O–H groups in total. The number of carbonyl (C=O) groups is 2. The molecule has 0 aliphatic carbocycles. The van der Waals surface area contributed by atoms with Crippen LogP contribution in [0.25, 0.3) is 10.8 Å². The van der Waals surface area contributed by atoms with Gasteiger partial charge in [-0.15, -0.1) is 0 Å². The molecule has 8 nitrogen and oxygen atoms in total. The maximum absolute atomic E-state index is 12.4. The normalized spacial score (nSPS) is 12.1. The Balaban J connectivity index is 1.56. The van der Waals surface area contributed by atoms with Crippen LogP contribution in [0.3, 0.4) is 0 Å². The van der Waals surface area contributed by atoms with Gasteiger partial charge in [0.25, 0.3) is 11.8 Å². The van der Waals surface area contributed by atoms with Crippen molar-refractivity contribution in [2.75, 3.05) is 10.5 Å². The number of nitrogens with one attached hydrogen (secondary N) is 3. The highest BCUT2D eigenvalue weighted by molar-refractivity contribution is 7.92. The Bertz CT molecular complexity index is 1230. The van der Waals surface area contributed by atoms with Crippen molar-refractivity contribution >= 4 is 38.3 Å². The summed E-state index contributed by atoms with van der Waals surface area (Å²) in [4.78, 5) is 24.7. The first-order chi connectivity index (χ1) is 15.3. The Hall–Kier alpha value is -3.59. The SMILES string of the molecule is CCCS(=O)(=O)Nc1cccc(C(=O)NNC(=O)[C@@H](C)Oc2ccc3ccccc3c2)c1. The van der Waals surface area contributed by atoms with Gasteiger partial charge in [0.05, 0.1) is 5.75 Å². The number of anilines is 1. The monoisotopic (exact) mass is 455 g/mol. The third kappa shape index (κ3) is 6.21. The topological polar surface area (TPSA) is 114 Å². The molecule has 9 heteroatoms. The number of sulfonamides is 1. The molecule has 0 radical (unpaired) electrons. The molecule has 0 fully saturated rings. The molecule has 0 heterocycles. The predicted octanol–water partition coefficient (Wildman–Crippen LogP) is 3.22. The number of hydrogen-bond acceptors (Lipinski definition) is 5. The summed E-state index contributed by atoms with van der Waals surface area (Å²) in [6, 6.07) is 19.3. The van der Waals surface area contributed by atoms with E-state index < -0.39 is 27.9 Å². The Labute approximate surface area is 187 Å². The minimum atomic E-state index is -3.48. The molecule has 0 saturated heterocycles. The lowest BCUT2D eigenvalue weighted by molar-refractivity contribution is -0.128. The maximum atomic E-state index is 12.4. The second kappa shape index (κ2) is 10.1. The van der Waals surface area contributed by atoms with Crippen LogP contribution in [0, 0.1) is 0 Å². The second-order valence-corrected chi connectivity index (χ2v) is 9.06. The summed E-state index contributed by atoms with van der Waals surface area (Å²) >= 11 is 0. The third-order valence-electron chi connectivity index (χ3n) is 4.57. The Morgan fingerprint density at radius 2 is 1.69 bits per heavy atom. The van der Waals surface area contributed by atoms with Gasteiger partial charge in [0.1, 0.15) is 5.75 Å². The molecular formula is C23H25N3O5S. The quantitative estimate of drug-likeness (QED) is 0.452. The number of rotatable bonds is 8. The van der Waals surface area contributed by atoms with Crippen molar-refractivity contribution in [1.82, 2.24) is 10.9 Å². The molecule has 0 spiro atoms. The molecule has 32 heavy (non-hydrogen) atoms. The zero-order valence-corrected chi connectivity index (χ0v) is 18.6. The summed E-state index contributed by atoms with van der Waals surface area (Å²) in [5.74, 6) is -0.613. The highest BCUT2D eigenvalue weighted by Crippen LogP contribution is 2.21. The smallest absolute Gasteiger partial charge is 0.279 e. The highest BCUT2D eigenvalue weighted by Gasteiger charge is 2.17. The van der Waals surface area contributed by atoms with E-state index in [9.17, 15) is 18.0 Å². The molecule has 0 aliphatic heterocycles. The molecule has 3 aromatic carbocycles. The predicted molar refractivity (Wildman–Crippen MR) is 124 cm³/mol. The Kier molecular flexibility index (Phi) is 7.32. The number of fused-ring (bicyclic) bond motifs is 1. The zero-order valence-electron chi connectivity index (χ0n) is 17.8. The van der Waals surface area contributed by atoms with Gasteiger partial charge in [-0.3, -0.25) is 25.2 Å². The van der Waals surface area contributed by atoms with Crippen molar-refractivity contribution in [3.05, 3.63) is 72.3 Å². The van der Waals surface area contributed by atoms with Gasteiger partial charge in [-0.05, 0) is 54.4 Å². The van der Waals surface area contributed by atoms with Crippen LogP contribution in [0.15, 0.2) is 66.7 Å². The number of hydrogen-bond donors (Lipinski definition) is 3. The highest BCUT2D eigenvalue weighted by atomic mass is 32.2. The Morgan fingerprint density at radius 1 is 0.938 bits per heavy atom. The summed E-state index contributed by atoms with van der Waals surface area (Å²) in [6.07, 6.45) is -0.385. The first kappa shape index (κ1) is 23.1. The van der Waals surface area contributed by atoms with Gasteiger partial charge >= 0.3 is 0 Å². The van der Waals surface area contributed by atoms with Gasteiger partial charge in [-0.1, -0.05) is 43.3 Å². The van der Waals surface area contributed by atoms with Crippen molar-refractivity contribution in [3.63, 3.8) is 0 Å². The molecule has 3 rings (SSSR count). The summed E-state index contributed by atoms with van der Waals surface area (Å²) < 4.78 is 31.9. The zero-order chi connectivity index (χ0) is 23.1. The van der Waals surface area contributed by atoms with E-state index in [0.29, 0.717) is 12.2 Å². The van der Waals surface area contributed by atoms with Crippen molar-refractivity contribution in [2.45, 2.75) is 26.4 Å². The maximum Gasteiger partial charge on any atom is 0.279 e. The Morgan fingerprint density at radius 3 is 2.44 bits per heavy atom. The van der Waals surface area contributed by atoms with Gasteiger partial charge in [-0.2, -0.15) is 0 Å². The number of hydrazine groups is 1. The van der Waals surface area contributed by atoms with Crippen molar-refractivity contribution in [3.8, 4) is 5.75 Å². The van der Waals surface area contributed by atoms with E-state index in [1.807, 2.05) is 36.4 Å². The molecule has 0 unspecified atom stereocenters. The van der Waals surface area contributed by atoms with Gasteiger partial charge in [0.15, 0.2) is 6.10 Å². The molecule has 0 aromatic heterocycles. The van der Waals surface area contributed by atoms with E-state index in [4.69, 9.17) is 4.74 Å². The molecule has 168 valence electrons. The molecule has 0 bridgehead atoms. The number of carbonyl (C=O) groups excluding carboxylic acids is 2. The number of benzene rings is 3. The first-order valence-electron chi connectivity index (χ1n) is 10.1. The van der Waals surface area contributed by atoms with Crippen molar-refractivity contribution in [1.29, 1.82) is 0 Å². The second-order valence-electron chi connectivity index (χ2n) is 7.21. The van der Waals surface area contributed by atoms with E-state index in [2.05, 4.69) is 15.6 Å². The minimum Gasteiger partial charge on any atom is -0.481 e. The fraction of sp³-hybridized carbons (Fsp3) is 0.217. The molecule has 2 amide bonds. The van der Waals surface area contributed by atoms with Gasteiger partial charge < -0.3 is 4.74 Å². The van der Waals surface area contributed by atoms with Crippen LogP contribution < -0.4 is 20.3 Å². The standard InChI is InChI=1S/C23H25N3O5S/c1-3-13-32(29,30)26-20-10-6-9-19(14-20)23(28)25-24-22(27)16(2)31-21-12-11-17-7-4-5-8-18(17)15-21/h4-12,14-16,26H,3,13H2,1-2H3,(H,24,27)(H,25,28)/t16-/m1/s1. The van der Waals surface area contributed by atoms with Crippen LogP contribution in [-0.4, -0.2) is 32.1 Å². The molecule has 0 saturated carbocycles. The minimum absolute atomic E-state index is 0.0193. The summed E-state index contributed by atoms with van der Waals surface area (Å²) in [6.45, 7) is 3.33. The van der Waals surface area contributed by atoms with Gasteiger partial charge in [0, 0.05) is 11.3 Å². The first-order valence-corrected chi connectivity index (χ1v) is 11.8. The van der Waals surface area contributed by atoms with Crippen LogP contribution >= 0.6 is 0 Å². The van der Waals surface area contributed by atoms with E-state index in [-0.39, 0.29) is 17.0 Å². The molecular weight excluding hydrogens is 430 g/mol. The van der Waals surface area contributed by atoms with Gasteiger partial charge in [-0.25, -0.2) is 8.42 Å². The van der Waals surface area contributed by atoms with Crippen molar-refractivity contribution < 1.29 is 22.7 Å². The average Bonchev–Trinajstić information content (AvgIpc) is 2.76. The lowest BCUT2D eigenvalue weighted by Crippen LogP contribution is -2.47. The summed E-state index contributed by atoms with van der Waals surface area (Å²) in [5.41, 5.74) is 5.09. The van der Waals surface area contributed by atoms with Crippen LogP contribution in [0.2, 0.25) is 0 Å². The van der Waals surface area contributed by atoms with Crippen LogP contribution in [0.5, 0.6) is 5.75 Å². The third-order valence-corrected chi connectivity index (χ3v) is 6.07.